The highest BCUT2D eigenvalue weighted by Gasteiger charge is 2.40. The van der Waals surface area contributed by atoms with Crippen LogP contribution in [0.4, 0.5) is 4.79 Å². The van der Waals surface area contributed by atoms with Crippen LogP contribution in [0.2, 0.25) is 0 Å². The Hall–Kier alpha value is -5.65. The average molecular weight is 716 g/mol. The minimum atomic E-state index is -0.905. The molecule has 8 rings (SSSR count). The van der Waals surface area contributed by atoms with E-state index in [1.165, 1.54) is 13.2 Å². The molecule has 5 heterocycles. The van der Waals surface area contributed by atoms with E-state index in [1.54, 1.807) is 11.1 Å². The topological polar surface area (TPSA) is 146 Å². The van der Waals surface area contributed by atoms with Crippen molar-refractivity contribution < 1.29 is 23.9 Å². The van der Waals surface area contributed by atoms with Crippen LogP contribution in [-0.2, 0) is 20.9 Å². The molecule has 2 saturated heterocycles. The second-order valence-corrected chi connectivity index (χ2v) is 14.5. The maximum atomic E-state index is 13.5. The molecule has 3 amide bonds. The molecule has 5 aromatic rings. The molecule has 12 nitrogen and oxygen atoms in total. The zero-order valence-electron chi connectivity index (χ0n) is 30.6. The summed E-state index contributed by atoms with van der Waals surface area (Å²) in [4.78, 5) is 59.0. The quantitative estimate of drug-likeness (QED) is 0.141. The Morgan fingerprint density at radius 1 is 1.00 bits per heavy atom. The molecule has 3 aliphatic rings. The van der Waals surface area contributed by atoms with Crippen molar-refractivity contribution in [1.29, 1.82) is 0 Å². The number of amides is 3. The van der Waals surface area contributed by atoms with Crippen molar-refractivity contribution in [3.8, 4) is 28.1 Å². The third kappa shape index (κ3) is 5.99. The summed E-state index contributed by atoms with van der Waals surface area (Å²) in [5.41, 5.74) is 6.86. The first-order valence-electron chi connectivity index (χ1n) is 18.6. The minimum absolute atomic E-state index is 0.0332. The van der Waals surface area contributed by atoms with E-state index in [2.05, 4.69) is 71.3 Å². The Balaban J connectivity index is 1.06. The van der Waals surface area contributed by atoms with Gasteiger partial charge in [-0.1, -0.05) is 31.2 Å². The highest BCUT2D eigenvalue weighted by molar-refractivity contribution is 6.07. The van der Waals surface area contributed by atoms with Crippen LogP contribution in [0, 0.1) is 0 Å². The SMILES string of the molecule is C=C[C@H](NC(=O)OC)C(=O)N1[C@@H](C)CC[C@H]1c1ncc(-c2ccc3c(c2)COc2cc4c(ccc5nc([C@@H]6CC[C@H](C)N6C(=O)CCC)[nH]c54)cc2-3)[nH]1. The average Bonchev–Trinajstić information content (AvgIpc) is 3.98. The van der Waals surface area contributed by atoms with E-state index < -0.39 is 12.1 Å². The van der Waals surface area contributed by atoms with E-state index in [0.717, 1.165) is 93.4 Å². The van der Waals surface area contributed by atoms with Gasteiger partial charge in [0.25, 0.3) is 0 Å². The molecule has 2 aromatic heterocycles. The van der Waals surface area contributed by atoms with Gasteiger partial charge < -0.3 is 34.6 Å². The fraction of sp³-hybridized carbons (Fsp3) is 0.390. The van der Waals surface area contributed by atoms with Gasteiger partial charge in [0.2, 0.25) is 11.8 Å². The number of rotatable bonds is 8. The predicted octanol–water partition coefficient (Wildman–Crippen LogP) is 7.48. The number of H-pyrrole nitrogens is 2. The summed E-state index contributed by atoms with van der Waals surface area (Å²) < 4.78 is 11.1. The van der Waals surface area contributed by atoms with Crippen molar-refractivity contribution in [2.45, 2.75) is 96.1 Å². The number of aromatic nitrogens is 4. The maximum absolute atomic E-state index is 13.5. The number of fused-ring (bicyclic) bond motifs is 6. The van der Waals surface area contributed by atoms with Crippen molar-refractivity contribution in [3.63, 3.8) is 0 Å². The summed E-state index contributed by atoms with van der Waals surface area (Å²) in [5.74, 6) is 2.30. The maximum Gasteiger partial charge on any atom is 0.407 e. The molecule has 12 heteroatoms. The number of aromatic amines is 2. The van der Waals surface area contributed by atoms with Crippen LogP contribution >= 0.6 is 0 Å². The lowest BCUT2D eigenvalue weighted by Crippen LogP contribution is -2.49. The number of likely N-dealkylation sites (tertiary alicyclic amines) is 2. The number of imidazole rings is 2. The monoisotopic (exact) mass is 715 g/mol. The summed E-state index contributed by atoms with van der Waals surface area (Å²) in [6, 6.07) is 13.8. The molecule has 5 atom stereocenters. The van der Waals surface area contributed by atoms with Crippen LogP contribution in [0.1, 0.15) is 88.6 Å². The lowest BCUT2D eigenvalue weighted by atomic mass is 9.92. The molecule has 3 aliphatic heterocycles. The van der Waals surface area contributed by atoms with Gasteiger partial charge in [0.15, 0.2) is 0 Å². The zero-order valence-corrected chi connectivity index (χ0v) is 30.6. The fourth-order valence-electron chi connectivity index (χ4n) is 8.50. The van der Waals surface area contributed by atoms with Crippen LogP contribution in [-0.4, -0.2) is 72.9 Å². The highest BCUT2D eigenvalue weighted by atomic mass is 16.5. The van der Waals surface area contributed by atoms with E-state index in [0.29, 0.717) is 18.9 Å². The van der Waals surface area contributed by atoms with Gasteiger partial charge >= 0.3 is 6.09 Å². The number of hydrogen-bond donors (Lipinski definition) is 3. The molecule has 53 heavy (non-hydrogen) atoms. The standard InChI is InChI=1S/C41H45N7O5/c1-6-8-36(49)47-22(3)9-16-34(47)39-43-31-14-12-24-18-29-27-13-11-25(17-26(27)21-53-35(29)19-28(24)37(31)46-39)32-20-42-38(44-32)33-15-10-23(4)48(33)40(50)30(7-2)45-41(51)52-5/h7,11-14,17-20,22-23,30,33-34H,2,6,8-10,15-16,21H2,1,3-5H3,(H,42,44)(H,43,46)(H,45,51)/t22-,23-,30-,33-,34-/m0/s1. The molecular formula is C41H45N7O5. The number of benzene rings is 3. The Morgan fingerprint density at radius 3 is 2.53 bits per heavy atom. The Labute approximate surface area is 308 Å². The van der Waals surface area contributed by atoms with Crippen molar-refractivity contribution in [2.24, 2.45) is 0 Å². The molecule has 3 N–H and O–H groups in total. The summed E-state index contributed by atoms with van der Waals surface area (Å²) in [7, 11) is 1.26. The lowest BCUT2D eigenvalue weighted by molar-refractivity contribution is -0.135. The van der Waals surface area contributed by atoms with Gasteiger partial charge in [0, 0.05) is 29.5 Å². The summed E-state index contributed by atoms with van der Waals surface area (Å²) in [5, 5.41) is 4.68. The van der Waals surface area contributed by atoms with E-state index in [1.807, 2.05) is 18.7 Å². The first-order chi connectivity index (χ1) is 25.7. The number of hydrogen-bond acceptors (Lipinski definition) is 7. The van der Waals surface area contributed by atoms with E-state index in [-0.39, 0.29) is 36.0 Å². The molecular weight excluding hydrogens is 670 g/mol. The number of nitrogens with zero attached hydrogens (tertiary/aromatic N) is 4. The lowest BCUT2D eigenvalue weighted by Gasteiger charge is -2.30. The number of carbonyl (C=O) groups is 3. The number of ether oxygens (including phenoxy) is 2. The summed E-state index contributed by atoms with van der Waals surface area (Å²) >= 11 is 0. The van der Waals surface area contributed by atoms with Crippen LogP contribution in [0.3, 0.4) is 0 Å². The molecule has 0 spiro atoms. The van der Waals surface area contributed by atoms with Gasteiger partial charge in [0.05, 0.1) is 42.1 Å². The molecule has 3 aromatic carbocycles. The molecule has 2 fully saturated rings. The highest BCUT2D eigenvalue weighted by Crippen LogP contribution is 2.44. The zero-order chi connectivity index (χ0) is 37.0. The van der Waals surface area contributed by atoms with Crippen molar-refractivity contribution in [1.82, 2.24) is 35.1 Å². The Kier molecular flexibility index (Phi) is 8.92. The smallest absolute Gasteiger partial charge is 0.407 e. The van der Waals surface area contributed by atoms with E-state index in [4.69, 9.17) is 19.4 Å². The number of carbonyl (C=O) groups excluding carboxylic acids is 3. The molecule has 0 saturated carbocycles. The van der Waals surface area contributed by atoms with Crippen LogP contribution < -0.4 is 10.1 Å². The van der Waals surface area contributed by atoms with E-state index >= 15 is 0 Å². The van der Waals surface area contributed by atoms with E-state index in [9.17, 15) is 14.4 Å². The second-order valence-electron chi connectivity index (χ2n) is 14.5. The van der Waals surface area contributed by atoms with Gasteiger partial charge in [-0.2, -0.15) is 0 Å². The van der Waals surface area contributed by atoms with Crippen LogP contribution in [0.15, 0.2) is 61.3 Å². The summed E-state index contributed by atoms with van der Waals surface area (Å²) in [6.45, 7) is 10.3. The van der Waals surface area contributed by atoms with Crippen LogP contribution in [0.5, 0.6) is 5.75 Å². The number of methoxy groups -OCH3 is 1. The minimum Gasteiger partial charge on any atom is -0.488 e. The normalized spacial score (nSPS) is 21.3. The van der Waals surface area contributed by atoms with Gasteiger partial charge in [-0.25, -0.2) is 14.8 Å². The molecule has 0 bridgehead atoms. The largest absolute Gasteiger partial charge is 0.488 e. The molecule has 0 unspecified atom stereocenters. The van der Waals surface area contributed by atoms with Gasteiger partial charge in [0.1, 0.15) is 30.0 Å². The van der Waals surface area contributed by atoms with Crippen molar-refractivity contribution in [2.75, 3.05) is 7.11 Å². The third-order valence-corrected chi connectivity index (χ3v) is 11.2. The van der Waals surface area contributed by atoms with Gasteiger partial charge in [-0.3, -0.25) is 9.59 Å². The first kappa shape index (κ1) is 34.4. The van der Waals surface area contributed by atoms with Crippen molar-refractivity contribution >= 4 is 39.7 Å². The Morgan fingerprint density at radius 2 is 1.77 bits per heavy atom. The first-order valence-corrected chi connectivity index (χ1v) is 18.6. The predicted molar refractivity (Wildman–Crippen MR) is 202 cm³/mol. The number of alkyl carbamates (subject to hydrolysis) is 1. The molecule has 0 aliphatic carbocycles. The van der Waals surface area contributed by atoms with Gasteiger partial charge in [-0.15, -0.1) is 6.58 Å². The van der Waals surface area contributed by atoms with Crippen molar-refractivity contribution in [3.05, 3.63) is 78.5 Å². The fourth-order valence-corrected chi connectivity index (χ4v) is 8.50. The van der Waals surface area contributed by atoms with Crippen LogP contribution in [0.25, 0.3) is 44.2 Å². The van der Waals surface area contributed by atoms with Gasteiger partial charge in [-0.05, 0) is 92.3 Å². The molecule has 274 valence electrons. The second kappa shape index (κ2) is 13.7. The Bertz CT molecular complexity index is 2260. The number of nitrogens with one attached hydrogen (secondary N) is 3. The molecule has 0 radical (unpaired) electrons. The summed E-state index contributed by atoms with van der Waals surface area (Å²) in [6.07, 6.45) is 7.34. The third-order valence-electron chi connectivity index (χ3n) is 11.2.